The number of rotatable bonds is 3. The number of imidazole rings is 1. The molecule has 0 saturated heterocycles. The minimum absolute atomic E-state index is 0.387. The van der Waals surface area contributed by atoms with Crippen LogP contribution >= 0.6 is 12.2 Å². The molecule has 0 aliphatic rings. The Labute approximate surface area is 120 Å². The highest BCUT2D eigenvalue weighted by Crippen LogP contribution is 2.16. The van der Waals surface area contributed by atoms with Gasteiger partial charge in [0, 0.05) is 5.56 Å². The van der Waals surface area contributed by atoms with Crippen LogP contribution in [-0.2, 0) is 6.54 Å². The van der Waals surface area contributed by atoms with Gasteiger partial charge >= 0.3 is 0 Å². The average Bonchev–Trinajstić information content (AvgIpc) is 2.84. The normalized spacial score (nSPS) is 10.8. The molecular formula is C13H12N6S. The molecule has 0 bridgehead atoms. The van der Waals surface area contributed by atoms with Crippen LogP contribution in [0.2, 0.25) is 0 Å². The van der Waals surface area contributed by atoms with Crippen LogP contribution < -0.4 is 11.5 Å². The maximum absolute atomic E-state index is 5.76. The lowest BCUT2D eigenvalue weighted by Crippen LogP contribution is -2.09. The molecule has 3 aromatic rings. The van der Waals surface area contributed by atoms with Gasteiger partial charge in [0.15, 0.2) is 11.5 Å². The van der Waals surface area contributed by atoms with Gasteiger partial charge in [-0.15, -0.1) is 0 Å². The van der Waals surface area contributed by atoms with Gasteiger partial charge in [0.25, 0.3) is 0 Å². The van der Waals surface area contributed by atoms with Crippen molar-refractivity contribution in [3.05, 3.63) is 48.0 Å². The SMILES string of the molecule is NC(=S)c1ccc(Cn2cnc3c(N)ncnc32)cc1. The van der Waals surface area contributed by atoms with Crippen LogP contribution in [0.1, 0.15) is 11.1 Å². The second-order valence-corrected chi connectivity index (χ2v) is 4.80. The second kappa shape index (κ2) is 4.86. The summed E-state index contributed by atoms with van der Waals surface area (Å²) in [5, 5.41) is 0. The summed E-state index contributed by atoms with van der Waals surface area (Å²) in [4.78, 5) is 12.8. The molecule has 3 rings (SSSR count). The summed E-state index contributed by atoms with van der Waals surface area (Å²) in [5.74, 6) is 0.387. The number of hydrogen-bond acceptors (Lipinski definition) is 5. The number of nitrogens with two attached hydrogens (primary N) is 2. The average molecular weight is 284 g/mol. The molecular weight excluding hydrogens is 272 g/mol. The summed E-state index contributed by atoms with van der Waals surface area (Å²) < 4.78 is 1.92. The maximum atomic E-state index is 5.76. The fourth-order valence-corrected chi connectivity index (χ4v) is 2.12. The Bertz CT molecular complexity index is 777. The van der Waals surface area contributed by atoms with Crippen molar-refractivity contribution < 1.29 is 0 Å². The van der Waals surface area contributed by atoms with Crippen LogP contribution in [-0.4, -0.2) is 24.5 Å². The zero-order valence-electron chi connectivity index (χ0n) is 10.5. The van der Waals surface area contributed by atoms with Crippen molar-refractivity contribution >= 4 is 34.2 Å². The number of nitrogen functional groups attached to an aromatic ring is 1. The van der Waals surface area contributed by atoms with Gasteiger partial charge in [-0.1, -0.05) is 36.5 Å². The third-order valence-electron chi connectivity index (χ3n) is 3.02. The standard InChI is InChI=1S/C13H12N6S/c14-11-10-13(17-6-16-11)19(7-18-10)5-8-1-3-9(4-2-8)12(15)20/h1-4,6-7H,5H2,(H2,15,20)(H2,14,16,17). The molecule has 0 amide bonds. The molecule has 0 radical (unpaired) electrons. The van der Waals surface area contributed by atoms with Crippen molar-refractivity contribution in [3.63, 3.8) is 0 Å². The Kier molecular flexibility index (Phi) is 3.03. The van der Waals surface area contributed by atoms with Crippen LogP contribution in [0.25, 0.3) is 11.2 Å². The smallest absolute Gasteiger partial charge is 0.165 e. The molecule has 0 atom stereocenters. The first-order valence-electron chi connectivity index (χ1n) is 5.95. The van der Waals surface area contributed by atoms with E-state index in [4.69, 9.17) is 23.7 Å². The van der Waals surface area contributed by atoms with Crippen LogP contribution in [0.5, 0.6) is 0 Å². The van der Waals surface area contributed by atoms with Crippen LogP contribution in [0, 0.1) is 0 Å². The van der Waals surface area contributed by atoms with Gasteiger partial charge in [-0.2, -0.15) is 0 Å². The molecule has 6 nitrogen and oxygen atoms in total. The molecule has 0 unspecified atom stereocenters. The fourth-order valence-electron chi connectivity index (χ4n) is 1.99. The third-order valence-corrected chi connectivity index (χ3v) is 3.26. The fraction of sp³-hybridized carbons (Fsp3) is 0.0769. The maximum Gasteiger partial charge on any atom is 0.165 e. The Morgan fingerprint density at radius 3 is 2.60 bits per heavy atom. The van der Waals surface area contributed by atoms with E-state index < -0.39 is 0 Å². The van der Waals surface area contributed by atoms with Crippen LogP contribution in [0.3, 0.4) is 0 Å². The Morgan fingerprint density at radius 1 is 1.15 bits per heavy atom. The molecule has 1 aromatic carbocycles. The summed E-state index contributed by atoms with van der Waals surface area (Å²) in [6, 6.07) is 7.76. The van der Waals surface area contributed by atoms with Crippen LogP contribution in [0.4, 0.5) is 5.82 Å². The van der Waals surface area contributed by atoms with Crippen molar-refractivity contribution in [2.75, 3.05) is 5.73 Å². The zero-order valence-corrected chi connectivity index (χ0v) is 11.3. The van der Waals surface area contributed by atoms with E-state index in [1.54, 1.807) is 6.33 Å². The first-order valence-corrected chi connectivity index (χ1v) is 6.36. The van der Waals surface area contributed by atoms with E-state index in [0.29, 0.717) is 22.9 Å². The molecule has 0 aliphatic heterocycles. The van der Waals surface area contributed by atoms with E-state index in [2.05, 4.69) is 15.0 Å². The minimum Gasteiger partial charge on any atom is -0.389 e. The number of thiocarbonyl (C=S) groups is 1. The van der Waals surface area contributed by atoms with Gasteiger partial charge in [0.1, 0.15) is 16.8 Å². The Morgan fingerprint density at radius 2 is 1.90 bits per heavy atom. The van der Waals surface area contributed by atoms with Crippen LogP contribution in [0.15, 0.2) is 36.9 Å². The lowest BCUT2D eigenvalue weighted by atomic mass is 10.1. The van der Waals surface area contributed by atoms with E-state index in [1.165, 1.54) is 6.33 Å². The van der Waals surface area contributed by atoms with Gasteiger partial charge in [0.2, 0.25) is 0 Å². The van der Waals surface area contributed by atoms with E-state index in [9.17, 15) is 0 Å². The van der Waals surface area contributed by atoms with Crippen molar-refractivity contribution in [2.45, 2.75) is 6.54 Å². The van der Waals surface area contributed by atoms with Gasteiger partial charge in [-0.25, -0.2) is 15.0 Å². The molecule has 0 fully saturated rings. The molecule has 0 saturated carbocycles. The Balaban J connectivity index is 1.93. The number of fused-ring (bicyclic) bond motifs is 1. The van der Waals surface area contributed by atoms with Crippen molar-refractivity contribution in [2.24, 2.45) is 5.73 Å². The lowest BCUT2D eigenvalue weighted by molar-refractivity contribution is 0.813. The van der Waals surface area contributed by atoms with Gasteiger partial charge < -0.3 is 16.0 Å². The van der Waals surface area contributed by atoms with Crippen molar-refractivity contribution in [3.8, 4) is 0 Å². The quantitative estimate of drug-likeness (QED) is 0.699. The predicted octanol–water partition coefficient (Wildman–Crippen LogP) is 1.09. The summed E-state index contributed by atoms with van der Waals surface area (Å²) in [6.45, 7) is 0.643. The zero-order chi connectivity index (χ0) is 14.1. The summed E-state index contributed by atoms with van der Waals surface area (Å²) in [6.07, 6.45) is 3.14. The highest BCUT2D eigenvalue weighted by Gasteiger charge is 2.08. The monoisotopic (exact) mass is 284 g/mol. The molecule has 2 heterocycles. The summed E-state index contributed by atoms with van der Waals surface area (Å²) >= 11 is 4.93. The lowest BCUT2D eigenvalue weighted by Gasteiger charge is -2.05. The number of hydrogen-bond donors (Lipinski definition) is 2. The van der Waals surface area contributed by atoms with E-state index >= 15 is 0 Å². The van der Waals surface area contributed by atoms with Crippen molar-refractivity contribution in [1.29, 1.82) is 0 Å². The van der Waals surface area contributed by atoms with E-state index in [1.807, 2.05) is 28.8 Å². The van der Waals surface area contributed by atoms with E-state index in [0.717, 1.165) is 16.8 Å². The van der Waals surface area contributed by atoms with Gasteiger partial charge in [0.05, 0.1) is 12.9 Å². The number of nitrogens with zero attached hydrogens (tertiary/aromatic N) is 4. The predicted molar refractivity (Wildman–Crippen MR) is 81.2 cm³/mol. The third kappa shape index (κ3) is 2.19. The molecule has 20 heavy (non-hydrogen) atoms. The Hall–Kier alpha value is -2.54. The highest BCUT2D eigenvalue weighted by molar-refractivity contribution is 7.80. The largest absolute Gasteiger partial charge is 0.389 e. The molecule has 0 spiro atoms. The topological polar surface area (TPSA) is 95.6 Å². The molecule has 0 aliphatic carbocycles. The molecule has 7 heteroatoms. The second-order valence-electron chi connectivity index (χ2n) is 4.36. The summed E-state index contributed by atoms with van der Waals surface area (Å²) in [5.41, 5.74) is 14.6. The van der Waals surface area contributed by atoms with Gasteiger partial charge in [-0.05, 0) is 5.56 Å². The first kappa shape index (κ1) is 12.5. The number of anilines is 1. The van der Waals surface area contributed by atoms with Gasteiger partial charge in [-0.3, -0.25) is 0 Å². The molecule has 2 aromatic heterocycles. The van der Waals surface area contributed by atoms with Crippen molar-refractivity contribution in [1.82, 2.24) is 19.5 Å². The summed E-state index contributed by atoms with van der Waals surface area (Å²) in [7, 11) is 0. The first-order chi connectivity index (χ1) is 9.65. The number of aromatic nitrogens is 4. The molecule has 4 N–H and O–H groups in total. The molecule has 100 valence electrons. The minimum atomic E-state index is 0.387. The number of benzene rings is 1. The van der Waals surface area contributed by atoms with E-state index in [-0.39, 0.29) is 0 Å². The highest BCUT2D eigenvalue weighted by atomic mass is 32.1.